The molecule has 0 radical (unpaired) electrons. The molecule has 0 bridgehead atoms. The molecule has 0 fully saturated rings. The Morgan fingerprint density at radius 2 is 1.95 bits per heavy atom. The molecular weight excluding hydrogens is 362 g/mol. The molecule has 1 aromatic heterocycles. The monoisotopic (exact) mass is 377 g/mol. The molecule has 1 heterocycles. The van der Waals surface area contributed by atoms with Crippen molar-refractivity contribution in [2.45, 2.75) is 15.2 Å². The van der Waals surface area contributed by atoms with Crippen molar-refractivity contribution in [1.29, 1.82) is 0 Å². The molecule has 0 spiro atoms. The van der Waals surface area contributed by atoms with Crippen molar-refractivity contribution in [1.82, 2.24) is 4.72 Å². The van der Waals surface area contributed by atoms with Crippen molar-refractivity contribution in [3.8, 4) is 0 Å². The molecule has 8 heteroatoms. The maximum Gasteiger partial charge on any atom is 0.250 e. The van der Waals surface area contributed by atoms with Crippen LogP contribution in [0.25, 0.3) is 0 Å². The Bertz CT molecular complexity index is 688. The summed E-state index contributed by atoms with van der Waals surface area (Å²) in [5.41, 5.74) is 1.14. The van der Waals surface area contributed by atoms with Gasteiger partial charge in [0.1, 0.15) is 4.21 Å². The van der Waals surface area contributed by atoms with E-state index in [1.165, 1.54) is 17.8 Å². The van der Waals surface area contributed by atoms with Crippen LogP contribution in [0.2, 0.25) is 4.34 Å². The van der Waals surface area contributed by atoms with Crippen molar-refractivity contribution >= 4 is 44.7 Å². The lowest BCUT2D eigenvalue weighted by Gasteiger charge is -2.14. The second kappa shape index (κ2) is 8.33. The first kappa shape index (κ1) is 17.8. The standard InChI is InChI=1S/C14H16ClNO3S3/c15-13-6-7-14(21-13)22(18,19)16-8-12(9-17)20-10-11-4-2-1-3-5-11/h1-7,12,16-17H,8-10H2/t12-/m1/s1. The van der Waals surface area contributed by atoms with Gasteiger partial charge in [0.25, 0.3) is 0 Å². The summed E-state index contributed by atoms with van der Waals surface area (Å²) in [4.78, 5) is 0. The third-order valence-electron chi connectivity index (χ3n) is 2.85. The molecule has 0 saturated carbocycles. The van der Waals surface area contributed by atoms with E-state index in [0.29, 0.717) is 4.34 Å². The van der Waals surface area contributed by atoms with Gasteiger partial charge in [0.15, 0.2) is 0 Å². The van der Waals surface area contributed by atoms with E-state index in [0.717, 1.165) is 22.7 Å². The van der Waals surface area contributed by atoms with Gasteiger partial charge in [-0.15, -0.1) is 11.3 Å². The first-order valence-electron chi connectivity index (χ1n) is 6.52. The Morgan fingerprint density at radius 3 is 2.55 bits per heavy atom. The van der Waals surface area contributed by atoms with Gasteiger partial charge in [-0.1, -0.05) is 41.9 Å². The average molecular weight is 378 g/mol. The molecule has 2 N–H and O–H groups in total. The fourth-order valence-electron chi connectivity index (χ4n) is 1.68. The van der Waals surface area contributed by atoms with E-state index in [4.69, 9.17) is 11.6 Å². The number of aliphatic hydroxyl groups excluding tert-OH is 1. The van der Waals surface area contributed by atoms with Gasteiger partial charge in [-0.3, -0.25) is 0 Å². The quantitative estimate of drug-likeness (QED) is 0.742. The van der Waals surface area contributed by atoms with Crippen molar-refractivity contribution in [3.63, 3.8) is 0 Å². The van der Waals surface area contributed by atoms with Crippen molar-refractivity contribution in [3.05, 3.63) is 52.4 Å². The summed E-state index contributed by atoms with van der Waals surface area (Å²) >= 11 is 8.28. The molecule has 0 amide bonds. The largest absolute Gasteiger partial charge is 0.395 e. The van der Waals surface area contributed by atoms with Gasteiger partial charge in [0.05, 0.1) is 10.9 Å². The van der Waals surface area contributed by atoms with Crippen LogP contribution in [0, 0.1) is 0 Å². The number of thioether (sulfide) groups is 1. The highest BCUT2D eigenvalue weighted by atomic mass is 35.5. The van der Waals surface area contributed by atoms with E-state index < -0.39 is 10.0 Å². The Morgan fingerprint density at radius 1 is 1.23 bits per heavy atom. The van der Waals surface area contributed by atoms with E-state index in [1.807, 2.05) is 30.3 Å². The fraction of sp³-hybridized carbons (Fsp3) is 0.286. The molecular formula is C14H16ClNO3S3. The second-order valence-electron chi connectivity index (χ2n) is 4.51. The number of thiophene rings is 1. The third-order valence-corrected chi connectivity index (χ3v) is 7.28. The zero-order valence-electron chi connectivity index (χ0n) is 11.6. The van der Waals surface area contributed by atoms with Crippen LogP contribution in [0.1, 0.15) is 5.56 Å². The summed E-state index contributed by atoms with van der Waals surface area (Å²) in [6.07, 6.45) is 0. The molecule has 1 aromatic carbocycles. The van der Waals surface area contributed by atoms with Gasteiger partial charge >= 0.3 is 0 Å². The highest BCUT2D eigenvalue weighted by Gasteiger charge is 2.18. The van der Waals surface area contributed by atoms with Gasteiger partial charge in [-0.05, 0) is 17.7 Å². The van der Waals surface area contributed by atoms with Gasteiger partial charge in [-0.2, -0.15) is 11.8 Å². The number of hydrogen-bond acceptors (Lipinski definition) is 5. The zero-order valence-corrected chi connectivity index (χ0v) is 14.8. The zero-order chi connectivity index (χ0) is 16.0. The lowest BCUT2D eigenvalue weighted by molar-refractivity contribution is 0.294. The summed E-state index contributed by atoms with van der Waals surface area (Å²) in [5.74, 6) is 0.721. The van der Waals surface area contributed by atoms with Crippen molar-refractivity contribution in [2.24, 2.45) is 0 Å². The summed E-state index contributed by atoms with van der Waals surface area (Å²) < 4.78 is 27.3. The van der Waals surface area contributed by atoms with Crippen LogP contribution in [-0.2, 0) is 15.8 Å². The Kier molecular flexibility index (Phi) is 6.73. The molecule has 120 valence electrons. The van der Waals surface area contributed by atoms with Crippen LogP contribution < -0.4 is 4.72 Å². The van der Waals surface area contributed by atoms with Gasteiger partial charge in [0, 0.05) is 17.5 Å². The Hall–Kier alpha value is -0.570. The van der Waals surface area contributed by atoms with E-state index in [9.17, 15) is 13.5 Å². The Labute approximate surface area is 143 Å². The van der Waals surface area contributed by atoms with Crippen LogP contribution in [0.15, 0.2) is 46.7 Å². The number of benzene rings is 1. The summed E-state index contributed by atoms with van der Waals surface area (Å²) in [5, 5.41) is 9.20. The normalized spacial score (nSPS) is 13.2. The lowest BCUT2D eigenvalue weighted by Crippen LogP contribution is -2.32. The smallest absolute Gasteiger partial charge is 0.250 e. The summed E-state index contributed by atoms with van der Waals surface area (Å²) in [6.45, 7) is 0.0804. The van der Waals surface area contributed by atoms with Crippen LogP contribution in [0.3, 0.4) is 0 Å². The van der Waals surface area contributed by atoms with Crippen LogP contribution in [-0.4, -0.2) is 31.9 Å². The van der Waals surface area contributed by atoms with Gasteiger partial charge in [-0.25, -0.2) is 13.1 Å². The number of nitrogens with one attached hydrogen (secondary N) is 1. The molecule has 0 aliphatic rings. The number of hydrogen-bond donors (Lipinski definition) is 2. The minimum atomic E-state index is -3.57. The lowest BCUT2D eigenvalue weighted by atomic mass is 10.2. The fourth-order valence-corrected chi connectivity index (χ4v) is 5.32. The molecule has 2 aromatic rings. The molecule has 0 aliphatic heterocycles. The highest BCUT2D eigenvalue weighted by Crippen LogP contribution is 2.25. The number of halogens is 1. The SMILES string of the molecule is O=S(=O)(NC[C@H](CO)SCc1ccccc1)c1ccc(Cl)s1. The van der Waals surface area contributed by atoms with Crippen LogP contribution in [0.4, 0.5) is 0 Å². The van der Waals surface area contributed by atoms with E-state index in [-0.39, 0.29) is 22.6 Å². The minimum absolute atomic E-state index is 0.0920. The molecule has 22 heavy (non-hydrogen) atoms. The predicted octanol–water partition coefficient (Wildman–Crippen LogP) is 2.97. The maximum absolute atomic E-state index is 12.1. The van der Waals surface area contributed by atoms with E-state index >= 15 is 0 Å². The third kappa shape index (κ3) is 5.26. The first-order chi connectivity index (χ1) is 10.5. The van der Waals surface area contributed by atoms with Gasteiger partial charge < -0.3 is 5.11 Å². The molecule has 4 nitrogen and oxygen atoms in total. The summed E-state index contributed by atoms with van der Waals surface area (Å²) in [6, 6.07) is 12.9. The van der Waals surface area contributed by atoms with Crippen LogP contribution >= 0.6 is 34.7 Å². The second-order valence-corrected chi connectivity index (χ2v) is 9.51. The average Bonchev–Trinajstić information content (AvgIpc) is 2.96. The van der Waals surface area contributed by atoms with Crippen LogP contribution in [0.5, 0.6) is 0 Å². The maximum atomic E-state index is 12.1. The molecule has 0 aliphatic carbocycles. The number of rotatable bonds is 8. The minimum Gasteiger partial charge on any atom is -0.395 e. The Balaban J connectivity index is 1.88. The number of aliphatic hydroxyl groups is 1. The van der Waals surface area contributed by atoms with Crippen molar-refractivity contribution in [2.75, 3.05) is 13.2 Å². The first-order valence-corrected chi connectivity index (χ1v) is 10.3. The highest BCUT2D eigenvalue weighted by molar-refractivity contribution is 7.99. The van der Waals surface area contributed by atoms with Crippen molar-refractivity contribution < 1.29 is 13.5 Å². The van der Waals surface area contributed by atoms with Gasteiger partial charge in [0.2, 0.25) is 10.0 Å². The molecule has 2 rings (SSSR count). The molecule has 0 unspecified atom stereocenters. The van der Waals surface area contributed by atoms with E-state index in [1.54, 1.807) is 6.07 Å². The molecule has 1 atom stereocenters. The number of sulfonamides is 1. The summed E-state index contributed by atoms with van der Waals surface area (Å²) in [7, 11) is -3.57. The topological polar surface area (TPSA) is 66.4 Å². The van der Waals surface area contributed by atoms with E-state index in [2.05, 4.69) is 4.72 Å². The molecule has 0 saturated heterocycles. The predicted molar refractivity (Wildman–Crippen MR) is 93.1 cm³/mol.